The SMILES string of the molecule is CNC(C)(C)C(=O)Nc1cc(C)ccc1Cl. The zero-order valence-corrected chi connectivity index (χ0v) is 10.8. The van der Waals surface area contributed by atoms with Crippen LogP contribution in [-0.4, -0.2) is 18.5 Å². The molecule has 88 valence electrons. The van der Waals surface area contributed by atoms with Gasteiger partial charge < -0.3 is 10.6 Å². The number of benzene rings is 1. The van der Waals surface area contributed by atoms with E-state index in [9.17, 15) is 4.79 Å². The van der Waals surface area contributed by atoms with Crippen LogP contribution in [0.4, 0.5) is 5.69 Å². The summed E-state index contributed by atoms with van der Waals surface area (Å²) in [4.78, 5) is 11.9. The van der Waals surface area contributed by atoms with Crippen molar-refractivity contribution in [2.45, 2.75) is 26.3 Å². The monoisotopic (exact) mass is 240 g/mol. The first-order chi connectivity index (χ1) is 7.36. The number of hydrogen-bond donors (Lipinski definition) is 2. The summed E-state index contributed by atoms with van der Waals surface area (Å²) in [5, 5.41) is 6.30. The Hall–Kier alpha value is -1.06. The van der Waals surface area contributed by atoms with E-state index >= 15 is 0 Å². The Bertz CT molecular complexity index is 402. The molecule has 0 aliphatic carbocycles. The molecule has 0 bridgehead atoms. The predicted molar refractivity (Wildman–Crippen MR) is 68.0 cm³/mol. The Morgan fingerprint density at radius 3 is 2.56 bits per heavy atom. The molecule has 0 saturated heterocycles. The first kappa shape index (κ1) is 13.0. The normalized spacial score (nSPS) is 11.3. The molecule has 0 aliphatic heterocycles. The third kappa shape index (κ3) is 2.97. The fourth-order valence-electron chi connectivity index (χ4n) is 1.13. The topological polar surface area (TPSA) is 41.1 Å². The van der Waals surface area contributed by atoms with Gasteiger partial charge in [-0.2, -0.15) is 0 Å². The van der Waals surface area contributed by atoms with Crippen molar-refractivity contribution in [3.8, 4) is 0 Å². The maximum atomic E-state index is 11.9. The summed E-state index contributed by atoms with van der Waals surface area (Å²) < 4.78 is 0. The number of anilines is 1. The molecule has 0 atom stereocenters. The molecule has 3 nitrogen and oxygen atoms in total. The van der Waals surface area contributed by atoms with Crippen LogP contribution in [0.25, 0.3) is 0 Å². The molecule has 4 heteroatoms. The molecule has 0 spiro atoms. The number of carbonyl (C=O) groups excluding carboxylic acids is 1. The lowest BCUT2D eigenvalue weighted by Gasteiger charge is -2.23. The largest absolute Gasteiger partial charge is 0.323 e. The van der Waals surface area contributed by atoms with Gasteiger partial charge in [-0.15, -0.1) is 0 Å². The first-order valence-electron chi connectivity index (χ1n) is 5.13. The maximum Gasteiger partial charge on any atom is 0.244 e. The van der Waals surface area contributed by atoms with Gasteiger partial charge in [0.2, 0.25) is 5.91 Å². The van der Waals surface area contributed by atoms with Gasteiger partial charge in [0.25, 0.3) is 0 Å². The van der Waals surface area contributed by atoms with Gasteiger partial charge in [0.05, 0.1) is 16.2 Å². The highest BCUT2D eigenvalue weighted by Crippen LogP contribution is 2.23. The lowest BCUT2D eigenvalue weighted by molar-refractivity contribution is -0.121. The number of aryl methyl sites for hydroxylation is 1. The standard InChI is InChI=1S/C12H17ClN2O/c1-8-5-6-9(13)10(7-8)15-11(16)12(2,3)14-4/h5-7,14H,1-4H3,(H,15,16). The molecule has 0 fully saturated rings. The van der Waals surface area contributed by atoms with E-state index in [1.54, 1.807) is 13.1 Å². The quantitative estimate of drug-likeness (QED) is 0.853. The molecular weight excluding hydrogens is 224 g/mol. The van der Waals surface area contributed by atoms with Crippen LogP contribution in [-0.2, 0) is 4.79 Å². The Balaban J connectivity index is 2.89. The second kappa shape index (κ2) is 4.85. The van der Waals surface area contributed by atoms with Gasteiger partial charge >= 0.3 is 0 Å². The fourth-order valence-corrected chi connectivity index (χ4v) is 1.29. The van der Waals surface area contributed by atoms with Crippen LogP contribution in [0, 0.1) is 6.92 Å². The van der Waals surface area contributed by atoms with Gasteiger partial charge in [0.15, 0.2) is 0 Å². The summed E-state index contributed by atoms with van der Waals surface area (Å²) in [6, 6.07) is 5.53. The summed E-state index contributed by atoms with van der Waals surface area (Å²) in [7, 11) is 1.75. The summed E-state index contributed by atoms with van der Waals surface area (Å²) in [6.45, 7) is 5.58. The summed E-state index contributed by atoms with van der Waals surface area (Å²) in [6.07, 6.45) is 0. The molecular formula is C12H17ClN2O. The van der Waals surface area contributed by atoms with Crippen molar-refractivity contribution in [1.29, 1.82) is 0 Å². The van der Waals surface area contributed by atoms with E-state index in [0.29, 0.717) is 10.7 Å². The number of nitrogens with one attached hydrogen (secondary N) is 2. The average molecular weight is 241 g/mol. The van der Waals surface area contributed by atoms with Crippen LogP contribution in [0.5, 0.6) is 0 Å². The molecule has 1 amide bonds. The lowest BCUT2D eigenvalue weighted by Crippen LogP contribution is -2.47. The maximum absolute atomic E-state index is 11.9. The number of carbonyl (C=O) groups is 1. The van der Waals surface area contributed by atoms with Gasteiger partial charge in [0, 0.05) is 0 Å². The minimum atomic E-state index is -0.618. The van der Waals surface area contributed by atoms with Crippen molar-refractivity contribution < 1.29 is 4.79 Å². The molecule has 0 unspecified atom stereocenters. The second-order valence-electron chi connectivity index (χ2n) is 4.31. The molecule has 0 saturated carbocycles. The van der Waals surface area contributed by atoms with Crippen LogP contribution in [0.15, 0.2) is 18.2 Å². The van der Waals surface area contributed by atoms with E-state index < -0.39 is 5.54 Å². The Kier molecular flexibility index (Phi) is 3.94. The third-order valence-corrected chi connectivity index (χ3v) is 2.89. The van der Waals surface area contributed by atoms with Crippen LogP contribution in [0.1, 0.15) is 19.4 Å². The molecule has 2 N–H and O–H groups in total. The highest BCUT2D eigenvalue weighted by Gasteiger charge is 2.25. The molecule has 1 aromatic rings. The second-order valence-corrected chi connectivity index (χ2v) is 4.72. The van der Waals surface area contributed by atoms with Gasteiger partial charge in [-0.05, 0) is 45.5 Å². The van der Waals surface area contributed by atoms with Crippen molar-refractivity contribution in [1.82, 2.24) is 5.32 Å². The minimum Gasteiger partial charge on any atom is -0.323 e. The molecule has 1 rings (SSSR count). The van der Waals surface area contributed by atoms with Gasteiger partial charge in [-0.3, -0.25) is 4.79 Å². The van der Waals surface area contributed by atoms with E-state index in [0.717, 1.165) is 5.56 Å². The zero-order valence-electron chi connectivity index (χ0n) is 10.0. The minimum absolute atomic E-state index is 0.109. The van der Waals surface area contributed by atoms with E-state index in [1.165, 1.54) is 0 Å². The average Bonchev–Trinajstić information content (AvgIpc) is 2.23. The molecule has 0 aliphatic rings. The smallest absolute Gasteiger partial charge is 0.244 e. The van der Waals surface area contributed by atoms with Crippen molar-refractivity contribution in [3.63, 3.8) is 0 Å². The fraction of sp³-hybridized carbons (Fsp3) is 0.417. The number of rotatable bonds is 3. The number of halogens is 1. The molecule has 0 heterocycles. The third-order valence-electron chi connectivity index (χ3n) is 2.56. The van der Waals surface area contributed by atoms with Crippen LogP contribution >= 0.6 is 11.6 Å². The Morgan fingerprint density at radius 2 is 2.00 bits per heavy atom. The van der Waals surface area contributed by atoms with E-state index in [1.807, 2.05) is 32.9 Å². The van der Waals surface area contributed by atoms with Crippen molar-refractivity contribution in [2.24, 2.45) is 0 Å². The highest BCUT2D eigenvalue weighted by molar-refractivity contribution is 6.33. The van der Waals surface area contributed by atoms with Crippen molar-refractivity contribution in [2.75, 3.05) is 12.4 Å². The van der Waals surface area contributed by atoms with Crippen LogP contribution in [0.2, 0.25) is 5.02 Å². The van der Waals surface area contributed by atoms with E-state index in [2.05, 4.69) is 10.6 Å². The van der Waals surface area contributed by atoms with Crippen LogP contribution in [0.3, 0.4) is 0 Å². The Labute approximate surface area is 101 Å². The van der Waals surface area contributed by atoms with Crippen molar-refractivity contribution in [3.05, 3.63) is 28.8 Å². The Morgan fingerprint density at radius 1 is 1.38 bits per heavy atom. The molecule has 1 aromatic carbocycles. The highest BCUT2D eigenvalue weighted by atomic mass is 35.5. The summed E-state index contributed by atoms with van der Waals surface area (Å²) in [5.74, 6) is -0.109. The van der Waals surface area contributed by atoms with Gasteiger partial charge in [-0.1, -0.05) is 17.7 Å². The number of hydrogen-bond acceptors (Lipinski definition) is 2. The predicted octanol–water partition coefficient (Wildman–Crippen LogP) is 2.58. The molecule has 16 heavy (non-hydrogen) atoms. The van der Waals surface area contributed by atoms with Gasteiger partial charge in [0.1, 0.15) is 0 Å². The van der Waals surface area contributed by atoms with Crippen molar-refractivity contribution >= 4 is 23.2 Å². The number of amides is 1. The number of likely N-dealkylation sites (N-methyl/N-ethyl adjacent to an activating group) is 1. The summed E-state index contributed by atoms with van der Waals surface area (Å²) >= 11 is 6.00. The molecule has 0 radical (unpaired) electrons. The van der Waals surface area contributed by atoms with E-state index in [-0.39, 0.29) is 5.91 Å². The lowest BCUT2D eigenvalue weighted by atomic mass is 10.0. The molecule has 0 aromatic heterocycles. The van der Waals surface area contributed by atoms with Gasteiger partial charge in [-0.25, -0.2) is 0 Å². The van der Waals surface area contributed by atoms with E-state index in [4.69, 9.17) is 11.6 Å². The summed E-state index contributed by atoms with van der Waals surface area (Å²) in [5.41, 5.74) is 1.09. The first-order valence-corrected chi connectivity index (χ1v) is 5.51. The zero-order chi connectivity index (χ0) is 12.3. The van der Waals surface area contributed by atoms with Crippen LogP contribution < -0.4 is 10.6 Å².